The van der Waals surface area contributed by atoms with Crippen LogP contribution in [0.15, 0.2) is 5.38 Å². The lowest BCUT2D eigenvalue weighted by Crippen LogP contribution is -2.41. The molecule has 0 aromatic carbocycles. The summed E-state index contributed by atoms with van der Waals surface area (Å²) in [6.07, 6.45) is 3.13. The Morgan fingerprint density at radius 1 is 1.31 bits per heavy atom. The molecule has 0 radical (unpaired) electrons. The molecule has 1 fully saturated rings. The Bertz CT molecular complexity index is 730. The van der Waals surface area contributed by atoms with Gasteiger partial charge in [0, 0.05) is 23.3 Å². The number of fused-ring (bicyclic) bond motifs is 1. The molecule has 2 heterocycles. The van der Waals surface area contributed by atoms with Crippen LogP contribution in [0.3, 0.4) is 0 Å². The number of carbonyl (C=O) groups excluding carboxylic acids is 4. The Morgan fingerprint density at radius 3 is 2.81 bits per heavy atom. The van der Waals surface area contributed by atoms with Gasteiger partial charge in [-0.05, 0) is 38.2 Å². The predicted molar refractivity (Wildman–Crippen MR) is 98.4 cm³/mol. The highest BCUT2D eigenvalue weighted by atomic mass is 32.2. The molecule has 26 heavy (non-hydrogen) atoms. The van der Waals surface area contributed by atoms with Crippen LogP contribution in [0.1, 0.15) is 40.6 Å². The summed E-state index contributed by atoms with van der Waals surface area (Å²) in [6.45, 7) is 1.76. The molecular formula is C17H20N2O5S2. The summed E-state index contributed by atoms with van der Waals surface area (Å²) in [5.74, 6) is -1.04. The zero-order chi connectivity index (χ0) is 18.7. The van der Waals surface area contributed by atoms with Gasteiger partial charge in [0.05, 0.1) is 11.3 Å². The fourth-order valence-corrected chi connectivity index (χ4v) is 4.84. The number of rotatable bonds is 6. The van der Waals surface area contributed by atoms with Gasteiger partial charge in [-0.25, -0.2) is 4.79 Å². The van der Waals surface area contributed by atoms with Gasteiger partial charge in [-0.15, -0.1) is 11.3 Å². The number of carbonyl (C=O) groups is 4. The van der Waals surface area contributed by atoms with E-state index in [-0.39, 0.29) is 30.0 Å². The lowest BCUT2D eigenvalue weighted by molar-refractivity contribution is -0.130. The van der Waals surface area contributed by atoms with Crippen molar-refractivity contribution in [2.75, 3.05) is 18.8 Å². The van der Waals surface area contributed by atoms with E-state index in [0.29, 0.717) is 5.56 Å². The Kier molecular flexibility index (Phi) is 5.98. The van der Waals surface area contributed by atoms with Crippen LogP contribution >= 0.6 is 23.1 Å². The highest BCUT2D eigenvalue weighted by Crippen LogP contribution is 2.30. The normalized spacial score (nSPS) is 17.8. The minimum absolute atomic E-state index is 0.120. The monoisotopic (exact) mass is 396 g/mol. The minimum Gasteiger partial charge on any atom is -0.449 e. The number of amides is 3. The number of aryl methyl sites for hydroxylation is 1. The molecule has 0 spiro atoms. The maximum Gasteiger partial charge on any atom is 0.340 e. The van der Waals surface area contributed by atoms with Crippen molar-refractivity contribution < 1.29 is 23.9 Å². The number of ether oxygens (including phenoxy) is 1. The summed E-state index contributed by atoms with van der Waals surface area (Å²) in [4.78, 5) is 49.8. The van der Waals surface area contributed by atoms with Crippen molar-refractivity contribution >= 4 is 46.1 Å². The number of imide groups is 1. The molecule has 1 aromatic rings. The van der Waals surface area contributed by atoms with Crippen molar-refractivity contribution in [1.29, 1.82) is 0 Å². The molecule has 9 heteroatoms. The van der Waals surface area contributed by atoms with E-state index in [4.69, 9.17) is 4.74 Å². The fraction of sp³-hybridized carbons (Fsp3) is 0.529. The van der Waals surface area contributed by atoms with Crippen LogP contribution in [0, 0.1) is 0 Å². The summed E-state index contributed by atoms with van der Waals surface area (Å²) >= 11 is 2.52. The van der Waals surface area contributed by atoms with Crippen LogP contribution in [-0.4, -0.2) is 52.9 Å². The Balaban J connectivity index is 1.48. The maximum absolute atomic E-state index is 12.4. The number of hydrogen-bond donors (Lipinski definition) is 1. The molecule has 1 aromatic heterocycles. The van der Waals surface area contributed by atoms with Gasteiger partial charge >= 0.3 is 5.97 Å². The number of thiophene rings is 1. The number of hydrogen-bond acceptors (Lipinski definition) is 7. The first kappa shape index (κ1) is 18.9. The van der Waals surface area contributed by atoms with Gasteiger partial charge < -0.3 is 10.1 Å². The summed E-state index contributed by atoms with van der Waals surface area (Å²) in [6, 6.07) is 0. The molecule has 0 saturated carbocycles. The topological polar surface area (TPSA) is 92.8 Å². The maximum atomic E-state index is 12.4. The third kappa shape index (κ3) is 4.09. The van der Waals surface area contributed by atoms with Crippen molar-refractivity contribution in [3.63, 3.8) is 0 Å². The summed E-state index contributed by atoms with van der Waals surface area (Å²) in [7, 11) is 0. The summed E-state index contributed by atoms with van der Waals surface area (Å²) in [5, 5.41) is 4.11. The highest BCUT2D eigenvalue weighted by molar-refractivity contribution is 8.14. The second-order valence-corrected chi connectivity index (χ2v) is 8.09. The quantitative estimate of drug-likeness (QED) is 0.739. The molecule has 1 N–H and O–H groups in total. The molecule has 3 rings (SSSR count). The second-order valence-electron chi connectivity index (χ2n) is 6.20. The second kappa shape index (κ2) is 8.22. The highest BCUT2D eigenvalue weighted by Gasteiger charge is 2.30. The first-order chi connectivity index (χ1) is 12.5. The van der Waals surface area contributed by atoms with E-state index in [1.54, 1.807) is 11.3 Å². The number of nitrogens with one attached hydrogen (secondary N) is 1. The molecule has 140 valence electrons. The third-order valence-electron chi connectivity index (χ3n) is 4.41. The molecule has 2 aliphatic rings. The Labute approximate surface area is 159 Å². The molecular weight excluding hydrogens is 376 g/mol. The van der Waals surface area contributed by atoms with E-state index < -0.39 is 18.0 Å². The minimum atomic E-state index is -0.944. The number of nitrogens with zero attached hydrogens (tertiary/aromatic N) is 1. The lowest BCUT2D eigenvalue weighted by atomic mass is 9.96. The molecule has 1 saturated heterocycles. The van der Waals surface area contributed by atoms with Crippen LogP contribution in [0.4, 0.5) is 4.79 Å². The van der Waals surface area contributed by atoms with Crippen molar-refractivity contribution in [2.24, 2.45) is 0 Å². The van der Waals surface area contributed by atoms with Gasteiger partial charge in [-0.1, -0.05) is 11.8 Å². The Hall–Kier alpha value is -1.87. The fourth-order valence-electron chi connectivity index (χ4n) is 2.97. The molecule has 1 aliphatic carbocycles. The molecule has 1 atom stereocenters. The summed E-state index contributed by atoms with van der Waals surface area (Å²) in [5.41, 5.74) is 1.62. The van der Waals surface area contributed by atoms with Crippen LogP contribution in [-0.2, 0) is 27.2 Å². The van der Waals surface area contributed by atoms with Crippen molar-refractivity contribution in [2.45, 2.75) is 38.7 Å². The van der Waals surface area contributed by atoms with E-state index in [9.17, 15) is 19.2 Å². The smallest absolute Gasteiger partial charge is 0.340 e. The van der Waals surface area contributed by atoms with Crippen LogP contribution in [0.5, 0.6) is 0 Å². The standard InChI is InChI=1S/C17H20N2O5S2/c1-10(15(21)18-6-7-19-14(20)9-26-17(19)23)24-16(22)12-8-25-13-5-3-2-4-11(12)13/h8,10H,2-7,9H2,1H3,(H,18,21)/t10-/m1/s1. The predicted octanol–water partition coefficient (Wildman–Crippen LogP) is 1.98. The van der Waals surface area contributed by atoms with Crippen LogP contribution < -0.4 is 5.32 Å². The van der Waals surface area contributed by atoms with Crippen molar-refractivity contribution in [1.82, 2.24) is 10.2 Å². The molecule has 0 bridgehead atoms. The summed E-state index contributed by atoms with van der Waals surface area (Å²) < 4.78 is 5.29. The lowest BCUT2D eigenvalue weighted by Gasteiger charge is -2.17. The van der Waals surface area contributed by atoms with Crippen molar-refractivity contribution in [3.8, 4) is 0 Å². The van der Waals surface area contributed by atoms with E-state index in [0.717, 1.165) is 47.9 Å². The van der Waals surface area contributed by atoms with E-state index in [2.05, 4.69) is 5.32 Å². The largest absolute Gasteiger partial charge is 0.449 e. The van der Waals surface area contributed by atoms with E-state index in [1.807, 2.05) is 5.38 Å². The van der Waals surface area contributed by atoms with Crippen molar-refractivity contribution in [3.05, 3.63) is 21.4 Å². The number of esters is 1. The van der Waals surface area contributed by atoms with Crippen LogP contribution in [0.25, 0.3) is 0 Å². The Morgan fingerprint density at radius 2 is 2.08 bits per heavy atom. The molecule has 7 nitrogen and oxygen atoms in total. The third-order valence-corrected chi connectivity index (χ3v) is 6.36. The average Bonchev–Trinajstić information content (AvgIpc) is 3.19. The van der Waals surface area contributed by atoms with Crippen LogP contribution in [0.2, 0.25) is 0 Å². The van der Waals surface area contributed by atoms with Gasteiger partial charge in [-0.2, -0.15) is 0 Å². The van der Waals surface area contributed by atoms with Gasteiger partial charge in [0.25, 0.3) is 11.1 Å². The molecule has 0 unspecified atom stereocenters. The first-order valence-electron chi connectivity index (χ1n) is 8.52. The zero-order valence-corrected chi connectivity index (χ0v) is 16.0. The van der Waals surface area contributed by atoms with Gasteiger partial charge in [0.15, 0.2) is 6.10 Å². The number of thioether (sulfide) groups is 1. The molecule has 1 aliphatic heterocycles. The van der Waals surface area contributed by atoms with Gasteiger partial charge in [0.1, 0.15) is 0 Å². The zero-order valence-electron chi connectivity index (χ0n) is 14.4. The van der Waals surface area contributed by atoms with E-state index in [1.165, 1.54) is 11.8 Å². The SMILES string of the molecule is C[C@@H](OC(=O)c1csc2c1CCCC2)C(=O)NCCN1C(=O)CSC1=O. The molecule has 3 amide bonds. The van der Waals surface area contributed by atoms with E-state index >= 15 is 0 Å². The van der Waals surface area contributed by atoms with Gasteiger partial charge in [0.2, 0.25) is 5.91 Å². The van der Waals surface area contributed by atoms with Gasteiger partial charge in [-0.3, -0.25) is 19.3 Å². The average molecular weight is 396 g/mol. The first-order valence-corrected chi connectivity index (χ1v) is 10.4.